The normalized spacial score (nSPS) is 10.7. The molecule has 0 unspecified atom stereocenters. The molecular weight excluding hydrogens is 338 g/mol. The molecule has 0 radical (unpaired) electrons. The number of aryl methyl sites for hydroxylation is 1. The minimum Gasteiger partial charge on any atom is -0.497 e. The Morgan fingerprint density at radius 2 is 1.74 bits per heavy atom. The predicted octanol–water partition coefficient (Wildman–Crippen LogP) is 4.57. The summed E-state index contributed by atoms with van der Waals surface area (Å²) in [6.07, 6.45) is 1.91. The molecular formula is C22H19N3O2. The first kappa shape index (κ1) is 16.8. The SMILES string of the molecule is COc1ccc(C(=O)Nc2c(-c3ccccc3)nc3c(C)cccn23)cc1. The topological polar surface area (TPSA) is 55.6 Å². The molecule has 2 heterocycles. The molecule has 0 aliphatic carbocycles. The second-order valence-corrected chi connectivity index (χ2v) is 6.24. The molecule has 0 aliphatic heterocycles. The van der Waals surface area contributed by atoms with Gasteiger partial charge < -0.3 is 10.1 Å². The number of amides is 1. The number of anilines is 1. The standard InChI is InChI=1S/C22H19N3O2/c1-15-7-6-14-25-20(15)23-19(16-8-4-3-5-9-16)21(25)24-22(26)17-10-12-18(27-2)13-11-17/h3-14H,1-2H3,(H,24,26). The van der Waals surface area contributed by atoms with Crippen molar-refractivity contribution in [2.24, 2.45) is 0 Å². The molecule has 4 rings (SSSR count). The zero-order chi connectivity index (χ0) is 18.8. The molecule has 0 fully saturated rings. The minimum absolute atomic E-state index is 0.196. The van der Waals surface area contributed by atoms with Crippen molar-refractivity contribution in [3.8, 4) is 17.0 Å². The number of hydrogen-bond donors (Lipinski definition) is 1. The number of carbonyl (C=O) groups excluding carboxylic acids is 1. The number of carbonyl (C=O) groups is 1. The Hall–Kier alpha value is -3.60. The minimum atomic E-state index is -0.196. The van der Waals surface area contributed by atoms with E-state index in [0.717, 1.165) is 22.5 Å². The summed E-state index contributed by atoms with van der Waals surface area (Å²) >= 11 is 0. The number of fused-ring (bicyclic) bond motifs is 1. The summed E-state index contributed by atoms with van der Waals surface area (Å²) in [5.74, 6) is 1.17. The molecule has 2 aromatic heterocycles. The van der Waals surface area contributed by atoms with E-state index in [4.69, 9.17) is 9.72 Å². The van der Waals surface area contributed by atoms with Gasteiger partial charge >= 0.3 is 0 Å². The van der Waals surface area contributed by atoms with Gasteiger partial charge in [-0.25, -0.2) is 4.98 Å². The van der Waals surface area contributed by atoms with Crippen LogP contribution in [-0.4, -0.2) is 22.4 Å². The third-order valence-corrected chi connectivity index (χ3v) is 4.48. The Labute approximate surface area is 157 Å². The van der Waals surface area contributed by atoms with E-state index >= 15 is 0 Å². The lowest BCUT2D eigenvalue weighted by molar-refractivity contribution is 0.102. The van der Waals surface area contributed by atoms with Crippen molar-refractivity contribution in [3.05, 3.63) is 84.1 Å². The van der Waals surface area contributed by atoms with Crippen LogP contribution in [0.1, 0.15) is 15.9 Å². The van der Waals surface area contributed by atoms with Crippen molar-refractivity contribution in [1.82, 2.24) is 9.38 Å². The zero-order valence-corrected chi connectivity index (χ0v) is 15.1. The van der Waals surface area contributed by atoms with Gasteiger partial charge in [-0.15, -0.1) is 0 Å². The molecule has 2 aromatic carbocycles. The van der Waals surface area contributed by atoms with E-state index in [1.165, 1.54) is 0 Å². The number of nitrogens with one attached hydrogen (secondary N) is 1. The third-order valence-electron chi connectivity index (χ3n) is 4.48. The summed E-state index contributed by atoms with van der Waals surface area (Å²) in [5.41, 5.74) is 4.11. The maximum atomic E-state index is 12.8. The number of ether oxygens (including phenoxy) is 1. The molecule has 1 amide bonds. The quantitative estimate of drug-likeness (QED) is 0.582. The van der Waals surface area contributed by atoms with E-state index in [0.29, 0.717) is 17.1 Å². The van der Waals surface area contributed by atoms with Gasteiger partial charge in [-0.3, -0.25) is 9.20 Å². The lowest BCUT2D eigenvalue weighted by Crippen LogP contribution is -2.14. The molecule has 134 valence electrons. The Balaban J connectivity index is 1.79. The van der Waals surface area contributed by atoms with Crippen molar-refractivity contribution < 1.29 is 9.53 Å². The van der Waals surface area contributed by atoms with Crippen LogP contribution in [0.25, 0.3) is 16.9 Å². The molecule has 1 N–H and O–H groups in total. The number of benzene rings is 2. The van der Waals surface area contributed by atoms with Gasteiger partial charge in [0.2, 0.25) is 0 Å². The molecule has 27 heavy (non-hydrogen) atoms. The number of rotatable bonds is 4. The number of aromatic nitrogens is 2. The van der Waals surface area contributed by atoms with Gasteiger partial charge in [0.1, 0.15) is 22.9 Å². The van der Waals surface area contributed by atoms with E-state index in [2.05, 4.69) is 5.32 Å². The second-order valence-electron chi connectivity index (χ2n) is 6.24. The van der Waals surface area contributed by atoms with Crippen LogP contribution in [0.4, 0.5) is 5.82 Å². The Morgan fingerprint density at radius 3 is 2.44 bits per heavy atom. The summed E-state index contributed by atoms with van der Waals surface area (Å²) in [5, 5.41) is 3.03. The van der Waals surface area contributed by atoms with E-state index < -0.39 is 0 Å². The summed E-state index contributed by atoms with van der Waals surface area (Å²) in [6, 6.07) is 20.8. The molecule has 5 nitrogen and oxygen atoms in total. The van der Waals surface area contributed by atoms with Crippen molar-refractivity contribution in [3.63, 3.8) is 0 Å². The van der Waals surface area contributed by atoms with Crippen LogP contribution < -0.4 is 10.1 Å². The van der Waals surface area contributed by atoms with Crippen molar-refractivity contribution in [1.29, 1.82) is 0 Å². The van der Waals surface area contributed by atoms with E-state index in [-0.39, 0.29) is 5.91 Å². The number of methoxy groups -OCH3 is 1. The van der Waals surface area contributed by atoms with Crippen molar-refractivity contribution >= 4 is 17.4 Å². The first-order valence-corrected chi connectivity index (χ1v) is 8.66. The van der Waals surface area contributed by atoms with Crippen LogP contribution in [0.15, 0.2) is 72.9 Å². The molecule has 0 atom stereocenters. The highest BCUT2D eigenvalue weighted by atomic mass is 16.5. The van der Waals surface area contributed by atoms with Crippen LogP contribution in [0.5, 0.6) is 5.75 Å². The number of nitrogens with zero attached hydrogens (tertiary/aromatic N) is 2. The maximum Gasteiger partial charge on any atom is 0.256 e. The van der Waals surface area contributed by atoms with E-state index in [9.17, 15) is 4.79 Å². The number of hydrogen-bond acceptors (Lipinski definition) is 3. The highest BCUT2D eigenvalue weighted by molar-refractivity contribution is 6.05. The van der Waals surface area contributed by atoms with Crippen LogP contribution in [0.2, 0.25) is 0 Å². The molecule has 5 heteroatoms. The fourth-order valence-corrected chi connectivity index (χ4v) is 3.04. The highest BCUT2D eigenvalue weighted by Crippen LogP contribution is 2.30. The first-order chi connectivity index (χ1) is 13.2. The number of pyridine rings is 1. The largest absolute Gasteiger partial charge is 0.497 e. The van der Waals surface area contributed by atoms with Gasteiger partial charge in [0.25, 0.3) is 5.91 Å². The monoisotopic (exact) mass is 357 g/mol. The first-order valence-electron chi connectivity index (χ1n) is 8.66. The third kappa shape index (κ3) is 3.15. The Morgan fingerprint density at radius 1 is 1.00 bits per heavy atom. The molecule has 0 saturated heterocycles. The highest BCUT2D eigenvalue weighted by Gasteiger charge is 2.18. The summed E-state index contributed by atoms with van der Waals surface area (Å²) in [7, 11) is 1.60. The molecule has 4 aromatic rings. The van der Waals surface area contributed by atoms with Gasteiger partial charge in [-0.2, -0.15) is 0 Å². The summed E-state index contributed by atoms with van der Waals surface area (Å²) in [6.45, 7) is 2.01. The Bertz CT molecular complexity index is 1100. The average molecular weight is 357 g/mol. The molecule has 0 aliphatic rings. The number of imidazole rings is 1. The maximum absolute atomic E-state index is 12.8. The second kappa shape index (κ2) is 6.96. The van der Waals surface area contributed by atoms with Crippen LogP contribution >= 0.6 is 0 Å². The lowest BCUT2D eigenvalue weighted by Gasteiger charge is -2.09. The average Bonchev–Trinajstić information content (AvgIpc) is 3.08. The Kier molecular flexibility index (Phi) is 4.34. The fourth-order valence-electron chi connectivity index (χ4n) is 3.04. The molecule has 0 saturated carbocycles. The van der Waals surface area contributed by atoms with Gasteiger partial charge in [-0.1, -0.05) is 36.4 Å². The zero-order valence-electron chi connectivity index (χ0n) is 15.1. The van der Waals surface area contributed by atoms with Crippen LogP contribution in [0, 0.1) is 6.92 Å². The van der Waals surface area contributed by atoms with Crippen LogP contribution in [0.3, 0.4) is 0 Å². The van der Waals surface area contributed by atoms with Gasteiger partial charge in [-0.05, 0) is 42.8 Å². The smallest absolute Gasteiger partial charge is 0.256 e. The molecule has 0 bridgehead atoms. The molecule has 0 spiro atoms. The van der Waals surface area contributed by atoms with Crippen molar-refractivity contribution in [2.75, 3.05) is 12.4 Å². The summed E-state index contributed by atoms with van der Waals surface area (Å²) in [4.78, 5) is 17.6. The fraction of sp³-hybridized carbons (Fsp3) is 0.0909. The van der Waals surface area contributed by atoms with Gasteiger partial charge in [0.05, 0.1) is 7.11 Å². The van der Waals surface area contributed by atoms with E-state index in [1.54, 1.807) is 31.4 Å². The van der Waals surface area contributed by atoms with Crippen LogP contribution in [-0.2, 0) is 0 Å². The lowest BCUT2D eigenvalue weighted by atomic mass is 10.1. The van der Waals surface area contributed by atoms with Crippen molar-refractivity contribution in [2.45, 2.75) is 6.92 Å². The van der Waals surface area contributed by atoms with Gasteiger partial charge in [0, 0.05) is 17.3 Å². The van der Waals surface area contributed by atoms with Gasteiger partial charge in [0.15, 0.2) is 0 Å². The summed E-state index contributed by atoms with van der Waals surface area (Å²) < 4.78 is 7.07. The van der Waals surface area contributed by atoms with E-state index in [1.807, 2.05) is 60.0 Å². The predicted molar refractivity (Wildman–Crippen MR) is 106 cm³/mol.